The van der Waals surface area contributed by atoms with E-state index in [1.165, 1.54) is 6.07 Å². The van der Waals surface area contributed by atoms with Gasteiger partial charge in [-0.05, 0) is 6.07 Å². The van der Waals surface area contributed by atoms with Crippen LogP contribution >= 0.6 is 15.9 Å². The van der Waals surface area contributed by atoms with Crippen LogP contribution in [-0.2, 0) is 20.9 Å². The molecule has 0 aliphatic carbocycles. The van der Waals surface area contributed by atoms with E-state index in [2.05, 4.69) is 15.9 Å². The van der Waals surface area contributed by atoms with E-state index in [0.717, 1.165) is 0 Å². The Bertz CT molecular complexity index is 357. The average Bonchev–Trinajstić information content (AvgIpc) is 2.31. The Morgan fingerprint density at radius 3 is 2.76 bits per heavy atom. The van der Waals surface area contributed by atoms with Gasteiger partial charge in [0.05, 0.1) is 19.6 Å². The molecule has 0 atom stereocenters. The minimum atomic E-state index is -0.288. The summed E-state index contributed by atoms with van der Waals surface area (Å²) in [6.45, 7) is 0.644. The zero-order valence-corrected chi connectivity index (χ0v) is 10.9. The Morgan fingerprint density at radius 2 is 2.06 bits per heavy atom. The normalized spacial score (nSPS) is 10.2. The first-order valence-electron chi connectivity index (χ1n) is 5.26. The lowest BCUT2D eigenvalue weighted by Crippen LogP contribution is -2.11. The first kappa shape index (κ1) is 14.1. The lowest BCUT2D eigenvalue weighted by molar-refractivity contribution is -0.144. The summed E-state index contributed by atoms with van der Waals surface area (Å²) in [5.74, 6) is -0.555. The van der Waals surface area contributed by atoms with Crippen molar-refractivity contribution >= 4 is 21.9 Å². The highest BCUT2D eigenvalue weighted by molar-refractivity contribution is 9.09. The monoisotopic (exact) mass is 304 g/mol. The molecule has 5 heteroatoms. The van der Waals surface area contributed by atoms with Crippen LogP contribution in [0.2, 0.25) is 0 Å². The van der Waals surface area contributed by atoms with Crippen molar-refractivity contribution in [1.29, 1.82) is 0 Å². The highest BCUT2D eigenvalue weighted by Gasteiger charge is 2.02. The third kappa shape index (κ3) is 5.79. The molecule has 0 amide bonds. The molecule has 0 aromatic heterocycles. The van der Waals surface area contributed by atoms with E-state index in [1.54, 1.807) is 18.2 Å². The van der Waals surface area contributed by atoms with Crippen molar-refractivity contribution in [2.45, 2.75) is 13.0 Å². The largest absolute Gasteiger partial charge is 0.463 e. The van der Waals surface area contributed by atoms with Crippen molar-refractivity contribution in [2.75, 3.05) is 18.5 Å². The van der Waals surface area contributed by atoms with Crippen molar-refractivity contribution in [3.8, 4) is 0 Å². The van der Waals surface area contributed by atoms with Crippen molar-refractivity contribution < 1.29 is 18.7 Å². The number of alkyl halides is 1. The Labute approximate surface area is 108 Å². The maximum absolute atomic E-state index is 13.2. The summed E-state index contributed by atoms with van der Waals surface area (Å²) < 4.78 is 23.2. The van der Waals surface area contributed by atoms with Gasteiger partial charge < -0.3 is 9.47 Å². The minimum absolute atomic E-state index is 0.183. The van der Waals surface area contributed by atoms with Crippen molar-refractivity contribution in [1.82, 2.24) is 0 Å². The van der Waals surface area contributed by atoms with Crippen molar-refractivity contribution in [3.63, 3.8) is 0 Å². The van der Waals surface area contributed by atoms with E-state index in [4.69, 9.17) is 9.47 Å². The third-order valence-corrected chi connectivity index (χ3v) is 2.40. The molecule has 1 aromatic rings. The fourth-order valence-electron chi connectivity index (χ4n) is 1.16. The van der Waals surface area contributed by atoms with Crippen LogP contribution in [0.25, 0.3) is 0 Å². The van der Waals surface area contributed by atoms with Crippen LogP contribution in [0.3, 0.4) is 0 Å². The molecule has 0 fully saturated rings. The number of esters is 1. The van der Waals surface area contributed by atoms with Crippen LogP contribution < -0.4 is 0 Å². The van der Waals surface area contributed by atoms with Crippen LogP contribution in [0.15, 0.2) is 24.3 Å². The van der Waals surface area contributed by atoms with Gasteiger partial charge in [-0.3, -0.25) is 4.79 Å². The van der Waals surface area contributed by atoms with E-state index in [0.29, 0.717) is 17.3 Å². The number of ether oxygens (including phenoxy) is 2. The number of halogens is 2. The molecule has 0 saturated heterocycles. The van der Waals surface area contributed by atoms with Crippen molar-refractivity contribution in [2.24, 2.45) is 0 Å². The summed E-state index contributed by atoms with van der Waals surface area (Å²) in [6.07, 6.45) is 0.341. The molecule has 0 N–H and O–H groups in total. The second kappa shape index (κ2) is 8.20. The SMILES string of the molecule is O=C(CCBr)OCCOCc1ccccc1F. The van der Waals surface area contributed by atoms with Gasteiger partial charge in [0.15, 0.2) is 0 Å². The highest BCUT2D eigenvalue weighted by Crippen LogP contribution is 2.07. The van der Waals surface area contributed by atoms with Gasteiger partial charge in [0, 0.05) is 10.9 Å². The summed E-state index contributed by atoms with van der Waals surface area (Å²) in [4.78, 5) is 11.0. The molecule has 0 heterocycles. The quantitative estimate of drug-likeness (QED) is 0.441. The summed E-state index contributed by atoms with van der Waals surface area (Å²) in [6, 6.07) is 6.42. The topological polar surface area (TPSA) is 35.5 Å². The second-order valence-electron chi connectivity index (χ2n) is 3.30. The Kier molecular flexibility index (Phi) is 6.81. The fraction of sp³-hybridized carbons (Fsp3) is 0.417. The van der Waals surface area contributed by atoms with Crippen molar-refractivity contribution in [3.05, 3.63) is 35.6 Å². The van der Waals surface area contributed by atoms with Crippen LogP contribution in [0.5, 0.6) is 0 Å². The molecule has 1 rings (SSSR count). The molecule has 3 nitrogen and oxygen atoms in total. The van der Waals surface area contributed by atoms with Gasteiger partial charge in [0.25, 0.3) is 0 Å². The van der Waals surface area contributed by atoms with Gasteiger partial charge in [-0.2, -0.15) is 0 Å². The summed E-state index contributed by atoms with van der Waals surface area (Å²) in [5.41, 5.74) is 0.499. The van der Waals surface area contributed by atoms with E-state index >= 15 is 0 Å². The second-order valence-corrected chi connectivity index (χ2v) is 4.10. The molecule has 1 aromatic carbocycles. The lowest BCUT2D eigenvalue weighted by Gasteiger charge is -2.06. The molecule has 0 aliphatic heterocycles. The molecule has 17 heavy (non-hydrogen) atoms. The summed E-state index contributed by atoms with van der Waals surface area (Å²) >= 11 is 3.14. The first-order valence-corrected chi connectivity index (χ1v) is 6.39. The molecule has 94 valence electrons. The molecule has 0 spiro atoms. The highest BCUT2D eigenvalue weighted by atomic mass is 79.9. The minimum Gasteiger partial charge on any atom is -0.463 e. The smallest absolute Gasteiger partial charge is 0.306 e. The zero-order valence-electron chi connectivity index (χ0n) is 9.33. The molecule has 0 bridgehead atoms. The van der Waals surface area contributed by atoms with Gasteiger partial charge in [0.1, 0.15) is 12.4 Å². The molecule has 0 radical (unpaired) electrons. The summed E-state index contributed by atoms with van der Waals surface area (Å²) in [7, 11) is 0. The number of benzene rings is 1. The third-order valence-electron chi connectivity index (χ3n) is 2.00. The Hall–Kier alpha value is -0.940. The van der Waals surface area contributed by atoms with Gasteiger partial charge in [-0.15, -0.1) is 0 Å². The lowest BCUT2D eigenvalue weighted by atomic mass is 10.2. The maximum atomic E-state index is 13.2. The van der Waals surface area contributed by atoms with E-state index in [1.807, 2.05) is 0 Å². The Morgan fingerprint density at radius 1 is 1.29 bits per heavy atom. The predicted octanol–water partition coefficient (Wildman–Crippen LogP) is 2.67. The van der Waals surface area contributed by atoms with Crippen LogP contribution in [0, 0.1) is 5.82 Å². The number of hydrogen-bond donors (Lipinski definition) is 0. The van der Waals surface area contributed by atoms with E-state index < -0.39 is 0 Å². The fourth-order valence-corrected chi connectivity index (χ4v) is 1.49. The van der Waals surface area contributed by atoms with Gasteiger partial charge in [0.2, 0.25) is 0 Å². The zero-order chi connectivity index (χ0) is 12.5. The van der Waals surface area contributed by atoms with Crippen LogP contribution in [-0.4, -0.2) is 24.5 Å². The number of rotatable bonds is 7. The average molecular weight is 305 g/mol. The van der Waals surface area contributed by atoms with Crippen LogP contribution in [0.1, 0.15) is 12.0 Å². The molecule has 0 aliphatic rings. The maximum Gasteiger partial charge on any atom is 0.306 e. The predicted molar refractivity (Wildman–Crippen MR) is 65.4 cm³/mol. The standard InChI is InChI=1S/C12H14BrFO3/c13-6-5-12(15)17-8-7-16-9-10-3-1-2-4-11(10)14/h1-4H,5-9H2. The molecule has 0 unspecified atom stereocenters. The van der Waals surface area contributed by atoms with Gasteiger partial charge >= 0.3 is 5.97 Å². The first-order chi connectivity index (χ1) is 8.24. The number of carbonyl (C=O) groups excluding carboxylic acids is 1. The van der Waals surface area contributed by atoms with Gasteiger partial charge in [-0.1, -0.05) is 34.1 Å². The molecular formula is C12H14BrFO3. The summed E-state index contributed by atoms with van der Waals surface area (Å²) in [5, 5.41) is 0.585. The number of hydrogen-bond acceptors (Lipinski definition) is 3. The number of carbonyl (C=O) groups is 1. The Balaban J connectivity index is 2.13. The van der Waals surface area contributed by atoms with E-state index in [9.17, 15) is 9.18 Å². The molecule has 0 saturated carbocycles. The van der Waals surface area contributed by atoms with Crippen LogP contribution in [0.4, 0.5) is 4.39 Å². The molecular weight excluding hydrogens is 291 g/mol. The van der Waals surface area contributed by atoms with Gasteiger partial charge in [-0.25, -0.2) is 4.39 Å². The van der Waals surface area contributed by atoms with E-state index in [-0.39, 0.29) is 31.6 Å².